The van der Waals surface area contributed by atoms with Crippen molar-refractivity contribution in [3.63, 3.8) is 0 Å². The maximum atomic E-state index is 13.1. The number of halogens is 1. The Morgan fingerprint density at radius 3 is 2.30 bits per heavy atom. The number of benzene rings is 1. The van der Waals surface area contributed by atoms with E-state index in [1.807, 2.05) is 50.8 Å². The van der Waals surface area contributed by atoms with Gasteiger partial charge >= 0.3 is 0 Å². The minimum absolute atomic E-state index is 0. The molecule has 0 radical (unpaired) electrons. The van der Waals surface area contributed by atoms with Crippen molar-refractivity contribution in [3.05, 3.63) is 35.9 Å². The Kier molecular flexibility index (Phi) is 9.27. The van der Waals surface area contributed by atoms with E-state index in [9.17, 15) is 9.59 Å². The van der Waals surface area contributed by atoms with Gasteiger partial charge in [0.15, 0.2) is 0 Å². The van der Waals surface area contributed by atoms with Crippen molar-refractivity contribution in [3.8, 4) is 0 Å². The highest BCUT2D eigenvalue weighted by molar-refractivity contribution is 5.88. The lowest BCUT2D eigenvalue weighted by Gasteiger charge is -2.27. The maximum Gasteiger partial charge on any atom is 0.245 e. The summed E-state index contributed by atoms with van der Waals surface area (Å²) in [4.78, 5) is 27.2. The summed E-state index contributed by atoms with van der Waals surface area (Å²) in [5.41, 5.74) is 7.21. The second-order valence-electron chi connectivity index (χ2n) is 8.14. The normalized spacial score (nSPS) is 20.5. The van der Waals surface area contributed by atoms with E-state index in [1.165, 1.54) is 5.56 Å². The molecule has 1 heterocycles. The third-order valence-corrected chi connectivity index (χ3v) is 5.13. The number of amides is 2. The molecule has 1 aromatic rings. The predicted octanol–water partition coefficient (Wildman–Crippen LogP) is 2.80. The van der Waals surface area contributed by atoms with Crippen molar-refractivity contribution in [2.45, 2.75) is 46.1 Å². The van der Waals surface area contributed by atoms with Gasteiger partial charge in [-0.15, -0.1) is 12.4 Å². The van der Waals surface area contributed by atoms with Gasteiger partial charge < -0.3 is 16.0 Å². The molecular formula is C21H34ClN3O2. The fourth-order valence-corrected chi connectivity index (χ4v) is 3.68. The van der Waals surface area contributed by atoms with E-state index in [4.69, 9.17) is 5.73 Å². The number of carbonyl (C=O) groups is 2. The zero-order valence-electron chi connectivity index (χ0n) is 16.9. The van der Waals surface area contributed by atoms with Crippen LogP contribution in [0.1, 0.15) is 45.6 Å². The van der Waals surface area contributed by atoms with E-state index in [0.717, 1.165) is 0 Å². The molecule has 0 aliphatic carbocycles. The standard InChI is InChI=1S/C21H33N3O2.ClH/c1-14(2)10-19(25)23-20(15(3)4)21(26)24-12-17(11-22)18(13-24)16-8-6-5-7-9-16;/h5-9,14-15,17-18,20H,10-13,22H2,1-4H3,(H,23,25);1H/t17-,18+,20?;/m1./s1. The summed E-state index contributed by atoms with van der Waals surface area (Å²) in [5, 5.41) is 2.95. The number of nitrogens with one attached hydrogen (secondary N) is 1. The smallest absolute Gasteiger partial charge is 0.245 e. The SMILES string of the molecule is CC(C)CC(=O)NC(C(=O)N1C[C@@H](CN)[C@H](c2ccccc2)C1)C(C)C.Cl. The van der Waals surface area contributed by atoms with Gasteiger partial charge in [0.2, 0.25) is 11.8 Å². The molecule has 1 saturated heterocycles. The summed E-state index contributed by atoms with van der Waals surface area (Å²) in [6.45, 7) is 9.82. The molecule has 1 aliphatic heterocycles. The van der Waals surface area contributed by atoms with Gasteiger partial charge in [-0.3, -0.25) is 9.59 Å². The topological polar surface area (TPSA) is 75.4 Å². The van der Waals surface area contributed by atoms with Gasteiger partial charge in [0.05, 0.1) is 0 Å². The van der Waals surface area contributed by atoms with Crippen LogP contribution in [0.15, 0.2) is 30.3 Å². The molecule has 5 nitrogen and oxygen atoms in total. The first-order valence-electron chi connectivity index (χ1n) is 9.66. The number of hydrogen-bond acceptors (Lipinski definition) is 3. The van der Waals surface area contributed by atoms with Gasteiger partial charge in [0, 0.05) is 25.4 Å². The molecule has 0 saturated carbocycles. The van der Waals surface area contributed by atoms with Crippen LogP contribution >= 0.6 is 12.4 Å². The Hall–Kier alpha value is -1.59. The average molecular weight is 396 g/mol. The molecule has 0 bridgehead atoms. The Morgan fingerprint density at radius 2 is 1.78 bits per heavy atom. The molecule has 1 unspecified atom stereocenters. The van der Waals surface area contributed by atoms with Gasteiger partial charge in [-0.25, -0.2) is 0 Å². The van der Waals surface area contributed by atoms with Crippen LogP contribution in [0, 0.1) is 17.8 Å². The second-order valence-corrected chi connectivity index (χ2v) is 8.14. The van der Waals surface area contributed by atoms with Crippen molar-refractivity contribution in [2.75, 3.05) is 19.6 Å². The Balaban J connectivity index is 0.00000364. The van der Waals surface area contributed by atoms with Crippen LogP contribution in [0.3, 0.4) is 0 Å². The summed E-state index contributed by atoms with van der Waals surface area (Å²) in [7, 11) is 0. The molecular weight excluding hydrogens is 362 g/mol. The molecule has 2 amide bonds. The Bertz CT molecular complexity index is 607. The molecule has 0 spiro atoms. The number of likely N-dealkylation sites (tertiary alicyclic amines) is 1. The molecule has 0 aromatic heterocycles. The molecule has 1 aliphatic rings. The van der Waals surface area contributed by atoms with Crippen LogP contribution in [0.5, 0.6) is 0 Å². The fraction of sp³-hybridized carbons (Fsp3) is 0.619. The summed E-state index contributed by atoms with van der Waals surface area (Å²) in [6, 6.07) is 9.77. The molecule has 27 heavy (non-hydrogen) atoms. The van der Waals surface area contributed by atoms with Gasteiger partial charge in [0.1, 0.15) is 6.04 Å². The lowest BCUT2D eigenvalue weighted by Crippen LogP contribution is -2.51. The molecule has 1 aromatic carbocycles. The van der Waals surface area contributed by atoms with Gasteiger partial charge in [-0.05, 0) is 29.9 Å². The van der Waals surface area contributed by atoms with Gasteiger partial charge in [-0.2, -0.15) is 0 Å². The maximum absolute atomic E-state index is 13.1. The lowest BCUT2D eigenvalue weighted by atomic mass is 9.89. The first-order valence-corrected chi connectivity index (χ1v) is 9.66. The summed E-state index contributed by atoms with van der Waals surface area (Å²) >= 11 is 0. The van der Waals surface area contributed by atoms with Crippen LogP contribution in [0.4, 0.5) is 0 Å². The van der Waals surface area contributed by atoms with Gasteiger partial charge in [-0.1, -0.05) is 58.0 Å². The number of rotatable bonds is 7. The first-order chi connectivity index (χ1) is 12.3. The van der Waals surface area contributed by atoms with E-state index < -0.39 is 6.04 Å². The van der Waals surface area contributed by atoms with Crippen molar-refractivity contribution in [1.82, 2.24) is 10.2 Å². The highest BCUT2D eigenvalue weighted by atomic mass is 35.5. The summed E-state index contributed by atoms with van der Waals surface area (Å²) in [6.07, 6.45) is 0.439. The zero-order valence-corrected chi connectivity index (χ0v) is 17.7. The van der Waals surface area contributed by atoms with Gasteiger partial charge in [0.25, 0.3) is 0 Å². The molecule has 152 valence electrons. The van der Waals surface area contributed by atoms with Crippen molar-refractivity contribution in [2.24, 2.45) is 23.5 Å². The number of hydrogen-bond donors (Lipinski definition) is 2. The van der Waals surface area contributed by atoms with E-state index >= 15 is 0 Å². The van der Waals surface area contributed by atoms with Crippen molar-refractivity contribution in [1.29, 1.82) is 0 Å². The predicted molar refractivity (Wildman–Crippen MR) is 112 cm³/mol. The molecule has 3 atom stereocenters. The van der Waals surface area contributed by atoms with Crippen LogP contribution in [-0.2, 0) is 9.59 Å². The number of carbonyl (C=O) groups excluding carboxylic acids is 2. The average Bonchev–Trinajstić information content (AvgIpc) is 3.03. The number of nitrogens with two attached hydrogens (primary N) is 1. The van der Waals surface area contributed by atoms with Crippen molar-refractivity contribution < 1.29 is 9.59 Å². The van der Waals surface area contributed by atoms with Crippen LogP contribution in [-0.4, -0.2) is 42.4 Å². The largest absolute Gasteiger partial charge is 0.344 e. The van der Waals surface area contributed by atoms with Crippen LogP contribution in [0.2, 0.25) is 0 Å². The minimum Gasteiger partial charge on any atom is -0.344 e. The summed E-state index contributed by atoms with van der Waals surface area (Å²) in [5.74, 6) is 0.777. The zero-order chi connectivity index (χ0) is 19.3. The van der Waals surface area contributed by atoms with Crippen LogP contribution < -0.4 is 11.1 Å². The first kappa shape index (κ1) is 23.4. The highest BCUT2D eigenvalue weighted by Crippen LogP contribution is 2.32. The Labute approximate surface area is 169 Å². The second kappa shape index (κ2) is 10.7. The minimum atomic E-state index is -0.478. The monoisotopic (exact) mass is 395 g/mol. The lowest BCUT2D eigenvalue weighted by molar-refractivity contribution is -0.137. The third kappa shape index (κ3) is 6.22. The molecule has 6 heteroatoms. The molecule has 3 N–H and O–H groups in total. The fourth-order valence-electron chi connectivity index (χ4n) is 3.68. The van der Waals surface area contributed by atoms with E-state index in [2.05, 4.69) is 17.4 Å². The van der Waals surface area contributed by atoms with E-state index in [-0.39, 0.29) is 47.9 Å². The Morgan fingerprint density at radius 1 is 1.15 bits per heavy atom. The van der Waals surface area contributed by atoms with E-state index in [0.29, 0.717) is 26.1 Å². The molecule has 1 fully saturated rings. The number of nitrogens with zero attached hydrogens (tertiary/aromatic N) is 1. The highest BCUT2D eigenvalue weighted by Gasteiger charge is 2.38. The summed E-state index contributed by atoms with van der Waals surface area (Å²) < 4.78 is 0. The van der Waals surface area contributed by atoms with Crippen LogP contribution in [0.25, 0.3) is 0 Å². The molecule has 2 rings (SSSR count). The van der Waals surface area contributed by atoms with E-state index in [1.54, 1.807) is 0 Å². The third-order valence-electron chi connectivity index (χ3n) is 5.13. The van der Waals surface area contributed by atoms with Crippen molar-refractivity contribution >= 4 is 24.2 Å². The quantitative estimate of drug-likeness (QED) is 0.745.